The summed E-state index contributed by atoms with van der Waals surface area (Å²) in [5.74, 6) is 0.926. The second kappa shape index (κ2) is 6.22. The summed E-state index contributed by atoms with van der Waals surface area (Å²) in [4.78, 5) is 0. The molecule has 18 heavy (non-hydrogen) atoms. The van der Waals surface area contributed by atoms with Crippen LogP contribution in [-0.4, -0.2) is 7.05 Å². The molecular formula is C16H20NO+. The molecule has 2 aromatic rings. The van der Waals surface area contributed by atoms with Gasteiger partial charge in [0, 0.05) is 5.56 Å². The fourth-order valence-corrected chi connectivity index (χ4v) is 1.81. The van der Waals surface area contributed by atoms with E-state index in [2.05, 4.69) is 55.7 Å². The molecule has 0 radical (unpaired) electrons. The van der Waals surface area contributed by atoms with Gasteiger partial charge in [-0.3, -0.25) is 0 Å². The van der Waals surface area contributed by atoms with Gasteiger partial charge in [0.2, 0.25) is 0 Å². The van der Waals surface area contributed by atoms with Crippen LogP contribution in [0.5, 0.6) is 5.75 Å². The minimum atomic E-state index is 0.625. The summed E-state index contributed by atoms with van der Waals surface area (Å²) in [5, 5.41) is 2.15. The SMILES string of the molecule is C[NH2+]Cc1ccc(OCc2ccc(C)cc2)cc1. The average molecular weight is 242 g/mol. The molecule has 2 rings (SSSR count). The Morgan fingerprint density at radius 2 is 1.50 bits per heavy atom. The van der Waals surface area contributed by atoms with Crippen LogP contribution in [0.4, 0.5) is 0 Å². The van der Waals surface area contributed by atoms with E-state index in [-0.39, 0.29) is 0 Å². The molecule has 0 aliphatic heterocycles. The highest BCUT2D eigenvalue weighted by molar-refractivity contribution is 5.27. The summed E-state index contributed by atoms with van der Waals surface area (Å²) in [5.41, 5.74) is 3.80. The third kappa shape index (κ3) is 3.60. The van der Waals surface area contributed by atoms with E-state index in [9.17, 15) is 0 Å². The third-order valence-corrected chi connectivity index (χ3v) is 2.89. The van der Waals surface area contributed by atoms with E-state index in [1.54, 1.807) is 0 Å². The van der Waals surface area contributed by atoms with Crippen molar-refractivity contribution in [2.24, 2.45) is 0 Å². The molecule has 0 saturated heterocycles. The van der Waals surface area contributed by atoms with E-state index in [0.29, 0.717) is 6.61 Å². The number of quaternary nitrogens is 1. The summed E-state index contributed by atoms with van der Waals surface area (Å²) in [6.07, 6.45) is 0. The molecule has 0 aliphatic rings. The van der Waals surface area contributed by atoms with Crippen molar-refractivity contribution in [1.82, 2.24) is 0 Å². The Labute approximate surface area is 109 Å². The number of rotatable bonds is 5. The smallest absolute Gasteiger partial charge is 0.119 e. The second-order valence-electron chi connectivity index (χ2n) is 4.53. The van der Waals surface area contributed by atoms with E-state index in [0.717, 1.165) is 12.3 Å². The Hall–Kier alpha value is -1.80. The summed E-state index contributed by atoms with van der Waals surface area (Å²) >= 11 is 0. The van der Waals surface area contributed by atoms with E-state index < -0.39 is 0 Å². The lowest BCUT2D eigenvalue weighted by Gasteiger charge is -2.07. The molecule has 94 valence electrons. The molecule has 0 aromatic heterocycles. The van der Waals surface area contributed by atoms with E-state index in [1.165, 1.54) is 16.7 Å². The van der Waals surface area contributed by atoms with Gasteiger partial charge >= 0.3 is 0 Å². The molecule has 2 heteroatoms. The summed E-state index contributed by atoms with van der Waals surface area (Å²) in [7, 11) is 2.07. The Balaban J connectivity index is 1.91. The lowest BCUT2D eigenvalue weighted by molar-refractivity contribution is -0.643. The largest absolute Gasteiger partial charge is 0.489 e. The maximum Gasteiger partial charge on any atom is 0.119 e. The topological polar surface area (TPSA) is 25.8 Å². The van der Waals surface area contributed by atoms with E-state index in [4.69, 9.17) is 4.74 Å². The van der Waals surface area contributed by atoms with Crippen LogP contribution in [0.15, 0.2) is 48.5 Å². The van der Waals surface area contributed by atoms with Crippen molar-refractivity contribution >= 4 is 0 Å². The fourth-order valence-electron chi connectivity index (χ4n) is 1.81. The molecule has 0 atom stereocenters. The van der Waals surface area contributed by atoms with Crippen molar-refractivity contribution < 1.29 is 10.1 Å². The number of benzene rings is 2. The number of ether oxygens (including phenoxy) is 1. The summed E-state index contributed by atoms with van der Waals surface area (Å²) < 4.78 is 5.75. The maximum absolute atomic E-state index is 5.75. The monoisotopic (exact) mass is 242 g/mol. The normalized spacial score (nSPS) is 10.3. The molecule has 0 bridgehead atoms. The van der Waals surface area contributed by atoms with Crippen LogP contribution in [0, 0.1) is 6.92 Å². The van der Waals surface area contributed by atoms with Gasteiger partial charge in [0.05, 0.1) is 7.05 Å². The van der Waals surface area contributed by atoms with Gasteiger partial charge < -0.3 is 10.1 Å². The average Bonchev–Trinajstić information content (AvgIpc) is 2.40. The highest BCUT2D eigenvalue weighted by Gasteiger charge is 1.97. The number of hydrogen-bond acceptors (Lipinski definition) is 1. The number of hydrogen-bond donors (Lipinski definition) is 1. The molecule has 0 unspecified atom stereocenters. The van der Waals surface area contributed by atoms with Crippen molar-refractivity contribution in [3.05, 3.63) is 65.2 Å². The Kier molecular flexibility index (Phi) is 4.37. The number of nitrogens with two attached hydrogens (primary N) is 1. The van der Waals surface area contributed by atoms with Gasteiger partial charge in [-0.25, -0.2) is 0 Å². The van der Waals surface area contributed by atoms with Gasteiger partial charge in [-0.15, -0.1) is 0 Å². The van der Waals surface area contributed by atoms with Crippen LogP contribution < -0.4 is 10.1 Å². The lowest BCUT2D eigenvalue weighted by atomic mass is 10.2. The maximum atomic E-state index is 5.75. The van der Waals surface area contributed by atoms with Crippen molar-refractivity contribution in [2.45, 2.75) is 20.1 Å². The van der Waals surface area contributed by atoms with Crippen molar-refractivity contribution in [2.75, 3.05) is 7.05 Å². The summed E-state index contributed by atoms with van der Waals surface area (Å²) in [6.45, 7) is 3.73. The van der Waals surface area contributed by atoms with Crippen molar-refractivity contribution in [3.63, 3.8) is 0 Å². The van der Waals surface area contributed by atoms with Gasteiger partial charge in [0.1, 0.15) is 18.9 Å². The molecule has 0 fully saturated rings. The van der Waals surface area contributed by atoms with Gasteiger partial charge in [-0.05, 0) is 36.8 Å². The quantitative estimate of drug-likeness (QED) is 0.855. The zero-order valence-electron chi connectivity index (χ0n) is 11.0. The lowest BCUT2D eigenvalue weighted by Crippen LogP contribution is -2.77. The molecular weight excluding hydrogens is 222 g/mol. The van der Waals surface area contributed by atoms with Gasteiger partial charge in [0.15, 0.2) is 0 Å². The minimum absolute atomic E-state index is 0.625. The standard InChI is InChI=1S/C16H19NO/c1-13-3-5-15(6-4-13)12-18-16-9-7-14(8-10-16)11-17-2/h3-10,17H,11-12H2,1-2H3/p+1. The molecule has 0 amide bonds. The van der Waals surface area contributed by atoms with Crippen LogP contribution in [-0.2, 0) is 13.2 Å². The highest BCUT2D eigenvalue weighted by atomic mass is 16.5. The molecule has 0 spiro atoms. The molecule has 0 heterocycles. The first-order valence-corrected chi connectivity index (χ1v) is 6.33. The van der Waals surface area contributed by atoms with Gasteiger partial charge in [0.25, 0.3) is 0 Å². The van der Waals surface area contributed by atoms with Crippen LogP contribution in [0.25, 0.3) is 0 Å². The van der Waals surface area contributed by atoms with Crippen LogP contribution in [0.2, 0.25) is 0 Å². The van der Waals surface area contributed by atoms with E-state index >= 15 is 0 Å². The van der Waals surface area contributed by atoms with Gasteiger partial charge in [-0.1, -0.05) is 29.8 Å². The molecule has 2 N–H and O–H groups in total. The van der Waals surface area contributed by atoms with Gasteiger partial charge in [-0.2, -0.15) is 0 Å². The van der Waals surface area contributed by atoms with Crippen LogP contribution in [0.3, 0.4) is 0 Å². The zero-order chi connectivity index (χ0) is 12.8. The zero-order valence-corrected chi connectivity index (χ0v) is 11.0. The number of aryl methyl sites for hydroxylation is 1. The first kappa shape index (κ1) is 12.7. The molecule has 0 saturated carbocycles. The summed E-state index contributed by atoms with van der Waals surface area (Å²) in [6, 6.07) is 16.7. The molecule has 0 aliphatic carbocycles. The molecule has 2 aromatic carbocycles. The first-order chi connectivity index (χ1) is 8.78. The Morgan fingerprint density at radius 3 is 2.11 bits per heavy atom. The molecule has 2 nitrogen and oxygen atoms in total. The first-order valence-electron chi connectivity index (χ1n) is 6.33. The predicted molar refractivity (Wildman–Crippen MR) is 73.5 cm³/mol. The van der Waals surface area contributed by atoms with Crippen LogP contribution in [0.1, 0.15) is 16.7 Å². The van der Waals surface area contributed by atoms with Crippen molar-refractivity contribution in [3.8, 4) is 5.75 Å². The second-order valence-corrected chi connectivity index (χ2v) is 4.53. The fraction of sp³-hybridized carbons (Fsp3) is 0.250. The minimum Gasteiger partial charge on any atom is -0.489 e. The highest BCUT2D eigenvalue weighted by Crippen LogP contribution is 2.14. The third-order valence-electron chi connectivity index (χ3n) is 2.89. The predicted octanol–water partition coefficient (Wildman–Crippen LogP) is 2.27. The van der Waals surface area contributed by atoms with E-state index in [1.807, 2.05) is 12.1 Å². The van der Waals surface area contributed by atoms with Crippen LogP contribution >= 0.6 is 0 Å². The Bertz CT molecular complexity index is 473. The Morgan fingerprint density at radius 1 is 0.889 bits per heavy atom. The van der Waals surface area contributed by atoms with Crippen molar-refractivity contribution in [1.29, 1.82) is 0 Å².